The molecule has 136 valence electrons. The van der Waals surface area contributed by atoms with Crippen LogP contribution in [0.4, 0.5) is 0 Å². The van der Waals surface area contributed by atoms with Crippen LogP contribution in [-0.2, 0) is 17.8 Å². The summed E-state index contributed by atoms with van der Waals surface area (Å²) in [6.45, 7) is 3.21. The van der Waals surface area contributed by atoms with Crippen molar-refractivity contribution < 1.29 is 4.74 Å². The molecule has 2 rings (SSSR count). The van der Waals surface area contributed by atoms with Crippen molar-refractivity contribution in [3.63, 3.8) is 0 Å². The van der Waals surface area contributed by atoms with E-state index < -0.39 is 0 Å². The van der Waals surface area contributed by atoms with E-state index in [4.69, 9.17) is 27.9 Å². The molecule has 1 aromatic carbocycles. The minimum Gasteiger partial charge on any atom is -0.375 e. The van der Waals surface area contributed by atoms with Gasteiger partial charge >= 0.3 is 0 Å². The van der Waals surface area contributed by atoms with Gasteiger partial charge in [-0.3, -0.25) is 4.99 Å². The summed E-state index contributed by atoms with van der Waals surface area (Å²) in [7, 11) is 5.41. The fraction of sp³-hybridized carbons (Fsp3) is 0.412. The quantitative estimate of drug-likeness (QED) is 0.577. The zero-order chi connectivity index (χ0) is 18.4. The van der Waals surface area contributed by atoms with Crippen LogP contribution in [0.25, 0.3) is 0 Å². The van der Waals surface area contributed by atoms with E-state index in [-0.39, 0.29) is 6.10 Å². The van der Waals surface area contributed by atoms with Crippen molar-refractivity contribution in [1.29, 1.82) is 0 Å². The van der Waals surface area contributed by atoms with E-state index in [1.54, 1.807) is 31.6 Å². The monoisotopic (exact) mass is 400 g/mol. The first-order valence-electron chi connectivity index (χ1n) is 7.77. The van der Waals surface area contributed by atoms with Crippen molar-refractivity contribution in [2.45, 2.75) is 26.1 Å². The Hall–Kier alpha value is -1.34. The summed E-state index contributed by atoms with van der Waals surface area (Å²) in [5.74, 6) is 0.764. The van der Waals surface area contributed by atoms with Gasteiger partial charge in [-0.05, 0) is 24.6 Å². The van der Waals surface area contributed by atoms with Crippen LogP contribution in [0, 0.1) is 0 Å². The Morgan fingerprint density at radius 1 is 1.44 bits per heavy atom. The van der Waals surface area contributed by atoms with Gasteiger partial charge in [-0.2, -0.15) is 0 Å². The molecule has 1 N–H and O–H groups in total. The fourth-order valence-corrected chi connectivity index (χ4v) is 3.54. The highest BCUT2D eigenvalue weighted by Crippen LogP contribution is 2.22. The van der Waals surface area contributed by atoms with Crippen LogP contribution in [-0.4, -0.2) is 37.0 Å². The molecule has 0 bridgehead atoms. The molecule has 1 aromatic heterocycles. The van der Waals surface area contributed by atoms with Gasteiger partial charge in [0.1, 0.15) is 11.1 Å². The van der Waals surface area contributed by atoms with Crippen molar-refractivity contribution in [2.24, 2.45) is 4.99 Å². The summed E-state index contributed by atoms with van der Waals surface area (Å²) in [5, 5.41) is 7.59. The number of ether oxygens (including phenoxy) is 1. The highest BCUT2D eigenvalue weighted by Gasteiger charge is 2.13. The van der Waals surface area contributed by atoms with Crippen molar-refractivity contribution in [3.05, 3.63) is 49.9 Å². The lowest BCUT2D eigenvalue weighted by atomic mass is 10.2. The summed E-state index contributed by atoms with van der Waals surface area (Å²) in [6.07, 6.45) is 0.00791. The summed E-state index contributed by atoms with van der Waals surface area (Å²) >= 11 is 13.7. The Bertz CT molecular complexity index is 735. The fourth-order valence-electron chi connectivity index (χ4n) is 2.22. The lowest BCUT2D eigenvalue weighted by Gasteiger charge is -2.21. The highest BCUT2D eigenvalue weighted by molar-refractivity contribution is 7.09. The first-order chi connectivity index (χ1) is 11.9. The van der Waals surface area contributed by atoms with Crippen molar-refractivity contribution in [1.82, 2.24) is 15.2 Å². The number of benzene rings is 1. The predicted octanol–water partition coefficient (Wildman–Crippen LogP) is 4.36. The number of nitrogens with one attached hydrogen (secondary N) is 1. The van der Waals surface area contributed by atoms with Crippen LogP contribution < -0.4 is 5.32 Å². The zero-order valence-electron chi connectivity index (χ0n) is 14.7. The van der Waals surface area contributed by atoms with E-state index in [2.05, 4.69) is 15.3 Å². The highest BCUT2D eigenvalue weighted by atomic mass is 35.5. The Kier molecular flexibility index (Phi) is 7.50. The smallest absolute Gasteiger partial charge is 0.194 e. The number of rotatable bonds is 6. The van der Waals surface area contributed by atoms with Gasteiger partial charge in [-0.25, -0.2) is 4.98 Å². The molecule has 0 saturated carbocycles. The van der Waals surface area contributed by atoms with Crippen molar-refractivity contribution in [3.8, 4) is 0 Å². The van der Waals surface area contributed by atoms with E-state index in [0.29, 0.717) is 23.1 Å². The number of methoxy groups -OCH3 is 1. The number of aliphatic imine (C=N–C) groups is 1. The van der Waals surface area contributed by atoms with E-state index in [1.807, 2.05) is 36.4 Å². The van der Waals surface area contributed by atoms with Gasteiger partial charge in [0.25, 0.3) is 0 Å². The molecule has 0 aliphatic carbocycles. The van der Waals surface area contributed by atoms with Crippen LogP contribution in [0.3, 0.4) is 0 Å². The Morgan fingerprint density at radius 2 is 2.20 bits per heavy atom. The summed E-state index contributed by atoms with van der Waals surface area (Å²) in [6, 6.07) is 5.47. The molecule has 1 unspecified atom stereocenters. The molecule has 25 heavy (non-hydrogen) atoms. The van der Waals surface area contributed by atoms with Gasteiger partial charge in [0.05, 0.1) is 12.2 Å². The molecule has 0 saturated heterocycles. The first-order valence-corrected chi connectivity index (χ1v) is 9.41. The molecule has 1 heterocycles. The van der Waals surface area contributed by atoms with Crippen LogP contribution in [0.5, 0.6) is 0 Å². The molecule has 0 fully saturated rings. The maximum atomic E-state index is 6.21. The summed E-state index contributed by atoms with van der Waals surface area (Å²) < 4.78 is 5.31. The summed E-state index contributed by atoms with van der Waals surface area (Å²) in [5.41, 5.74) is 1.95. The molecule has 0 spiro atoms. The van der Waals surface area contributed by atoms with Gasteiger partial charge in [0, 0.05) is 43.2 Å². The number of nitrogens with zero attached hydrogens (tertiary/aromatic N) is 3. The van der Waals surface area contributed by atoms with E-state index in [9.17, 15) is 0 Å². The first kappa shape index (κ1) is 20.0. The van der Waals surface area contributed by atoms with E-state index in [1.165, 1.54) is 0 Å². The molecule has 1 atom stereocenters. The minimum atomic E-state index is 0.00791. The standard InChI is InChI=1S/C17H22Cl2N4OS/c1-11(24-4)16-22-14(10-25-16)9-23(3)17(20-2)21-8-12-5-6-13(18)7-15(12)19/h5-7,10-11H,8-9H2,1-4H3,(H,20,21). The molecule has 2 aromatic rings. The zero-order valence-corrected chi connectivity index (χ0v) is 17.0. The normalized spacial score (nSPS) is 13.0. The molecule has 0 aliphatic heterocycles. The second kappa shape index (κ2) is 9.38. The number of hydrogen-bond donors (Lipinski definition) is 1. The van der Waals surface area contributed by atoms with Gasteiger partial charge in [0.15, 0.2) is 5.96 Å². The van der Waals surface area contributed by atoms with E-state index >= 15 is 0 Å². The molecule has 0 aliphatic rings. The van der Waals surface area contributed by atoms with Gasteiger partial charge in [0.2, 0.25) is 0 Å². The number of thiazole rings is 1. The third kappa shape index (κ3) is 5.57. The second-order valence-electron chi connectivity index (χ2n) is 5.55. The van der Waals surface area contributed by atoms with Crippen molar-refractivity contribution >= 4 is 40.5 Å². The number of halogens is 2. The summed E-state index contributed by atoms with van der Waals surface area (Å²) in [4.78, 5) is 10.9. The average Bonchev–Trinajstić information content (AvgIpc) is 3.04. The van der Waals surface area contributed by atoms with Crippen LogP contribution in [0.15, 0.2) is 28.6 Å². The minimum absolute atomic E-state index is 0.00791. The second-order valence-corrected chi connectivity index (χ2v) is 7.28. The number of guanidine groups is 1. The number of aromatic nitrogens is 1. The van der Waals surface area contributed by atoms with Gasteiger partial charge < -0.3 is 15.0 Å². The largest absolute Gasteiger partial charge is 0.375 e. The van der Waals surface area contributed by atoms with Gasteiger partial charge in [-0.1, -0.05) is 29.3 Å². The topological polar surface area (TPSA) is 49.8 Å². The molecule has 8 heteroatoms. The van der Waals surface area contributed by atoms with Crippen LogP contribution >= 0.6 is 34.5 Å². The third-order valence-electron chi connectivity index (χ3n) is 3.70. The molecular weight excluding hydrogens is 379 g/mol. The third-order valence-corrected chi connectivity index (χ3v) is 5.34. The maximum absolute atomic E-state index is 6.21. The Labute approximate surface area is 162 Å². The molecular formula is C17H22Cl2N4OS. The SMILES string of the molecule is CN=C(NCc1ccc(Cl)cc1Cl)N(C)Cc1csc(C(C)OC)n1. The Morgan fingerprint density at radius 3 is 2.84 bits per heavy atom. The average molecular weight is 401 g/mol. The lowest BCUT2D eigenvalue weighted by Crippen LogP contribution is -2.38. The maximum Gasteiger partial charge on any atom is 0.194 e. The van der Waals surface area contributed by atoms with E-state index in [0.717, 1.165) is 22.2 Å². The van der Waals surface area contributed by atoms with Crippen LogP contribution in [0.1, 0.15) is 29.3 Å². The number of hydrogen-bond acceptors (Lipinski definition) is 4. The molecule has 5 nitrogen and oxygen atoms in total. The van der Waals surface area contributed by atoms with Crippen molar-refractivity contribution in [2.75, 3.05) is 21.2 Å². The predicted molar refractivity (Wildman–Crippen MR) is 106 cm³/mol. The Balaban J connectivity index is 1.96. The lowest BCUT2D eigenvalue weighted by molar-refractivity contribution is 0.119. The van der Waals surface area contributed by atoms with Gasteiger partial charge in [-0.15, -0.1) is 11.3 Å². The van der Waals surface area contributed by atoms with Crippen LogP contribution in [0.2, 0.25) is 10.0 Å². The molecule has 0 radical (unpaired) electrons. The molecule has 0 amide bonds.